The lowest BCUT2D eigenvalue weighted by Crippen LogP contribution is -2.40. The predicted octanol–water partition coefficient (Wildman–Crippen LogP) is 7.05. The Morgan fingerprint density at radius 2 is 1.56 bits per heavy atom. The van der Waals surface area contributed by atoms with Gasteiger partial charge in [0.05, 0.1) is 47.6 Å². The largest absolute Gasteiger partial charge is 0.378 e. The third kappa shape index (κ3) is 4.57. The molecular formula is C36H30N4O3. The number of hydrogen-bond acceptors (Lipinski definition) is 5. The molecule has 1 saturated heterocycles. The maximum absolute atomic E-state index is 13.7. The Morgan fingerprint density at radius 1 is 0.884 bits per heavy atom. The fourth-order valence-corrected chi connectivity index (χ4v) is 6.42. The molecular weight excluding hydrogens is 536 g/mol. The number of rotatable bonds is 5. The number of aryl methyl sites for hydroxylation is 2. The number of carbonyl (C=O) groups excluding carboxylic acids is 1. The quantitative estimate of drug-likeness (QED) is 0.223. The van der Waals surface area contributed by atoms with E-state index in [-0.39, 0.29) is 11.9 Å². The second kappa shape index (κ2) is 10.9. The van der Waals surface area contributed by atoms with E-state index in [1.807, 2.05) is 79.4 Å². The van der Waals surface area contributed by atoms with Crippen LogP contribution in [0.1, 0.15) is 44.5 Å². The number of ether oxygens (including phenoxy) is 1. The van der Waals surface area contributed by atoms with E-state index < -0.39 is 0 Å². The lowest BCUT2D eigenvalue weighted by atomic mass is 9.96. The van der Waals surface area contributed by atoms with Crippen LogP contribution in [-0.2, 0) is 4.74 Å². The minimum Gasteiger partial charge on any atom is -0.378 e. The van der Waals surface area contributed by atoms with E-state index in [0.29, 0.717) is 43.2 Å². The van der Waals surface area contributed by atoms with Crippen molar-refractivity contribution in [2.75, 3.05) is 26.3 Å². The van der Waals surface area contributed by atoms with Crippen molar-refractivity contribution in [2.24, 2.45) is 0 Å². The molecule has 7 rings (SSSR count). The van der Waals surface area contributed by atoms with Gasteiger partial charge in [0.1, 0.15) is 5.76 Å². The Balaban J connectivity index is 1.58. The van der Waals surface area contributed by atoms with Gasteiger partial charge in [-0.3, -0.25) is 4.79 Å². The summed E-state index contributed by atoms with van der Waals surface area (Å²) in [6, 6.07) is 32.9. The van der Waals surface area contributed by atoms with Crippen LogP contribution in [0.2, 0.25) is 0 Å². The second-order valence-corrected chi connectivity index (χ2v) is 11.0. The van der Waals surface area contributed by atoms with Crippen molar-refractivity contribution >= 4 is 27.7 Å². The monoisotopic (exact) mass is 566 g/mol. The van der Waals surface area contributed by atoms with Crippen molar-refractivity contribution in [1.29, 1.82) is 5.26 Å². The highest BCUT2D eigenvalue weighted by atomic mass is 16.5. The summed E-state index contributed by atoms with van der Waals surface area (Å²) in [4.78, 5) is 15.5. The number of carbonyl (C=O) groups is 1. The van der Waals surface area contributed by atoms with Crippen molar-refractivity contribution in [3.8, 4) is 17.2 Å². The first-order valence-corrected chi connectivity index (χ1v) is 14.5. The molecule has 6 aromatic rings. The third-order valence-electron chi connectivity index (χ3n) is 8.38. The number of hydrogen-bond donors (Lipinski definition) is 0. The van der Waals surface area contributed by atoms with Crippen LogP contribution in [0.15, 0.2) is 95.5 Å². The van der Waals surface area contributed by atoms with E-state index in [2.05, 4.69) is 46.1 Å². The normalized spacial score (nSPS) is 13.6. The van der Waals surface area contributed by atoms with E-state index in [1.54, 1.807) is 0 Å². The van der Waals surface area contributed by atoms with Gasteiger partial charge in [0.15, 0.2) is 0 Å². The Morgan fingerprint density at radius 3 is 2.16 bits per heavy atom. The SMILES string of the molecule is Cc1noc(C)c1-c1cc(C#N)c2c3ccc(C(=O)N4CCOCC4)cc3n(C(c3ccccc3)c3ccccc3)c2c1. The molecule has 0 aliphatic carbocycles. The summed E-state index contributed by atoms with van der Waals surface area (Å²) in [7, 11) is 0. The Labute approximate surface area is 249 Å². The molecule has 0 atom stereocenters. The molecule has 1 amide bonds. The number of nitriles is 1. The third-order valence-corrected chi connectivity index (χ3v) is 8.38. The molecule has 1 aliphatic heterocycles. The summed E-state index contributed by atoms with van der Waals surface area (Å²) in [5.41, 5.74) is 7.67. The first-order chi connectivity index (χ1) is 21.0. The summed E-state index contributed by atoms with van der Waals surface area (Å²) >= 11 is 0. The van der Waals surface area contributed by atoms with Gasteiger partial charge >= 0.3 is 0 Å². The van der Waals surface area contributed by atoms with Gasteiger partial charge in [-0.15, -0.1) is 0 Å². The van der Waals surface area contributed by atoms with Gasteiger partial charge in [-0.25, -0.2) is 0 Å². The van der Waals surface area contributed by atoms with Crippen molar-refractivity contribution < 1.29 is 14.1 Å². The van der Waals surface area contributed by atoms with E-state index in [0.717, 1.165) is 49.8 Å². The van der Waals surface area contributed by atoms with E-state index in [9.17, 15) is 10.1 Å². The molecule has 0 unspecified atom stereocenters. The summed E-state index contributed by atoms with van der Waals surface area (Å²) in [6.45, 7) is 6.01. The average Bonchev–Trinajstić information content (AvgIpc) is 3.57. The van der Waals surface area contributed by atoms with Crippen LogP contribution in [0.3, 0.4) is 0 Å². The molecule has 7 nitrogen and oxygen atoms in total. The maximum atomic E-state index is 13.7. The van der Waals surface area contributed by atoms with Gasteiger partial charge < -0.3 is 18.7 Å². The molecule has 0 spiro atoms. The Kier molecular flexibility index (Phi) is 6.77. The molecule has 7 heteroatoms. The summed E-state index contributed by atoms with van der Waals surface area (Å²) in [5.74, 6) is 0.680. The van der Waals surface area contributed by atoms with Gasteiger partial charge in [-0.2, -0.15) is 5.26 Å². The molecule has 212 valence electrons. The zero-order valence-electron chi connectivity index (χ0n) is 24.1. The number of amides is 1. The molecule has 1 fully saturated rings. The molecule has 2 aromatic heterocycles. The van der Waals surface area contributed by atoms with Crippen LogP contribution < -0.4 is 0 Å². The fraction of sp³-hybridized carbons (Fsp3) is 0.194. The number of fused-ring (bicyclic) bond motifs is 3. The molecule has 0 saturated carbocycles. The topological polar surface area (TPSA) is 84.3 Å². The van der Waals surface area contributed by atoms with Crippen molar-refractivity contribution in [3.05, 3.63) is 125 Å². The zero-order chi connectivity index (χ0) is 29.5. The Bertz CT molecular complexity index is 1950. The second-order valence-electron chi connectivity index (χ2n) is 11.0. The lowest BCUT2D eigenvalue weighted by Gasteiger charge is -2.27. The molecule has 1 aliphatic rings. The van der Waals surface area contributed by atoms with Crippen LogP contribution in [-0.4, -0.2) is 46.8 Å². The fourth-order valence-electron chi connectivity index (χ4n) is 6.42. The van der Waals surface area contributed by atoms with Crippen LogP contribution in [0, 0.1) is 25.2 Å². The molecule has 0 N–H and O–H groups in total. The van der Waals surface area contributed by atoms with Crippen molar-refractivity contribution in [1.82, 2.24) is 14.6 Å². The molecule has 4 aromatic carbocycles. The highest BCUT2D eigenvalue weighted by molar-refractivity contribution is 6.13. The minimum absolute atomic E-state index is 0.0186. The minimum atomic E-state index is -0.220. The lowest BCUT2D eigenvalue weighted by molar-refractivity contribution is 0.0303. The van der Waals surface area contributed by atoms with Crippen LogP contribution >= 0.6 is 0 Å². The summed E-state index contributed by atoms with van der Waals surface area (Å²) in [6.07, 6.45) is 0. The van der Waals surface area contributed by atoms with Gasteiger partial charge in [0, 0.05) is 35.0 Å². The Hall–Kier alpha value is -5.19. The van der Waals surface area contributed by atoms with Gasteiger partial charge in [-0.1, -0.05) is 71.9 Å². The predicted molar refractivity (Wildman–Crippen MR) is 166 cm³/mol. The molecule has 3 heterocycles. The molecule has 0 radical (unpaired) electrons. The molecule has 0 bridgehead atoms. The average molecular weight is 567 g/mol. The van der Waals surface area contributed by atoms with E-state index in [1.165, 1.54) is 0 Å². The number of benzene rings is 4. The molecule has 43 heavy (non-hydrogen) atoms. The van der Waals surface area contributed by atoms with Crippen LogP contribution in [0.25, 0.3) is 32.9 Å². The van der Waals surface area contributed by atoms with E-state index >= 15 is 0 Å². The van der Waals surface area contributed by atoms with Gasteiger partial charge in [0.2, 0.25) is 0 Å². The van der Waals surface area contributed by atoms with Gasteiger partial charge in [0.25, 0.3) is 5.91 Å². The van der Waals surface area contributed by atoms with E-state index in [4.69, 9.17) is 9.26 Å². The standard InChI is InChI=1S/C36H30N4O3/c1-23-33(24(2)43-38-23)28-19-29(22-37)34-30-14-13-27(36(41)39-15-17-42-18-16-39)20-31(30)40(32(34)21-28)35(25-9-5-3-6-10-25)26-11-7-4-8-12-26/h3-14,19-21,35H,15-18H2,1-2H3. The first-order valence-electron chi connectivity index (χ1n) is 14.5. The number of nitrogens with zero attached hydrogens (tertiary/aromatic N) is 4. The van der Waals surface area contributed by atoms with Crippen molar-refractivity contribution in [3.63, 3.8) is 0 Å². The number of morpholine rings is 1. The van der Waals surface area contributed by atoms with Crippen LogP contribution in [0.4, 0.5) is 0 Å². The first kappa shape index (κ1) is 26.7. The van der Waals surface area contributed by atoms with Crippen LogP contribution in [0.5, 0.6) is 0 Å². The zero-order valence-corrected chi connectivity index (χ0v) is 24.1. The van der Waals surface area contributed by atoms with Gasteiger partial charge in [-0.05, 0) is 54.8 Å². The maximum Gasteiger partial charge on any atom is 0.254 e. The number of aromatic nitrogens is 2. The highest BCUT2D eigenvalue weighted by Gasteiger charge is 2.27. The summed E-state index contributed by atoms with van der Waals surface area (Å²) in [5, 5.41) is 16.4. The smallest absolute Gasteiger partial charge is 0.254 e. The summed E-state index contributed by atoms with van der Waals surface area (Å²) < 4.78 is 13.3. The highest BCUT2D eigenvalue weighted by Crippen LogP contribution is 2.42. The van der Waals surface area contributed by atoms with Crippen molar-refractivity contribution in [2.45, 2.75) is 19.9 Å².